The molecule has 4 atom stereocenters. The average molecular weight is 273 g/mol. The molecule has 1 aliphatic carbocycles. The first-order valence-electron chi connectivity index (χ1n) is 7.20. The Balaban J connectivity index is 1.57. The van der Waals surface area contributed by atoms with Crippen LogP contribution in [0.4, 0.5) is 5.95 Å². The summed E-state index contributed by atoms with van der Waals surface area (Å²) < 4.78 is 7.66. The van der Waals surface area contributed by atoms with Crippen LogP contribution in [0.5, 0.6) is 0 Å². The third-order valence-electron chi connectivity index (χ3n) is 4.52. The van der Waals surface area contributed by atoms with Gasteiger partial charge in [0.2, 0.25) is 5.95 Å². The second-order valence-electron chi connectivity index (χ2n) is 5.76. The van der Waals surface area contributed by atoms with Crippen LogP contribution in [-0.4, -0.2) is 39.4 Å². The van der Waals surface area contributed by atoms with E-state index in [9.17, 15) is 0 Å². The van der Waals surface area contributed by atoms with E-state index in [4.69, 9.17) is 10.5 Å². The first-order chi connectivity index (χ1) is 9.74. The predicted molar refractivity (Wildman–Crippen MR) is 75.6 cm³/mol. The molecule has 2 fully saturated rings. The van der Waals surface area contributed by atoms with Crippen LogP contribution in [0.3, 0.4) is 0 Å². The lowest BCUT2D eigenvalue weighted by Crippen LogP contribution is -2.69. The fourth-order valence-electron chi connectivity index (χ4n) is 3.37. The van der Waals surface area contributed by atoms with E-state index in [1.54, 1.807) is 0 Å². The molecule has 0 bridgehead atoms. The zero-order valence-electron chi connectivity index (χ0n) is 11.5. The second kappa shape index (κ2) is 4.43. The lowest BCUT2D eigenvalue weighted by atomic mass is 9.69. The van der Waals surface area contributed by atoms with E-state index in [0.717, 1.165) is 24.4 Å². The summed E-state index contributed by atoms with van der Waals surface area (Å²) in [6, 6.07) is 6.21. The number of pyridine rings is 1. The van der Waals surface area contributed by atoms with Crippen molar-refractivity contribution in [1.82, 2.24) is 14.6 Å². The van der Waals surface area contributed by atoms with E-state index in [0.29, 0.717) is 11.9 Å². The van der Waals surface area contributed by atoms with Crippen molar-refractivity contribution in [3.8, 4) is 0 Å². The third kappa shape index (κ3) is 1.72. The Morgan fingerprint density at radius 1 is 1.45 bits per heavy atom. The highest BCUT2D eigenvalue weighted by Crippen LogP contribution is 2.38. The van der Waals surface area contributed by atoms with Crippen LogP contribution in [0, 0.1) is 12.8 Å². The standard InChI is InChI=1S/C14H19N5O/c1-8-4-2-6-10-16-14(18-19(8)10)17-12-11(15)9-5-3-7-20-13(9)12/h2,4,6,9,11-13H,3,5,7,15H2,1H3,(H,17,18). The minimum absolute atomic E-state index is 0.123. The number of nitrogens with zero attached hydrogens (tertiary/aromatic N) is 3. The Kier molecular flexibility index (Phi) is 2.68. The van der Waals surface area contributed by atoms with Crippen molar-refractivity contribution in [2.75, 3.05) is 11.9 Å². The number of nitrogens with one attached hydrogen (secondary N) is 1. The lowest BCUT2D eigenvalue weighted by Gasteiger charge is -2.52. The van der Waals surface area contributed by atoms with E-state index >= 15 is 0 Å². The molecule has 2 aromatic heterocycles. The number of hydrogen-bond donors (Lipinski definition) is 2. The number of hydrogen-bond acceptors (Lipinski definition) is 5. The highest BCUT2D eigenvalue weighted by Gasteiger charge is 2.50. The molecule has 1 saturated heterocycles. The second-order valence-corrected chi connectivity index (χ2v) is 5.76. The van der Waals surface area contributed by atoms with Gasteiger partial charge in [0, 0.05) is 24.3 Å². The van der Waals surface area contributed by atoms with E-state index in [1.165, 1.54) is 6.42 Å². The molecule has 1 aliphatic heterocycles. The van der Waals surface area contributed by atoms with E-state index in [-0.39, 0.29) is 18.2 Å². The molecule has 0 radical (unpaired) electrons. The maximum absolute atomic E-state index is 6.24. The van der Waals surface area contributed by atoms with Crippen molar-refractivity contribution in [3.63, 3.8) is 0 Å². The Bertz CT molecular complexity index is 640. The van der Waals surface area contributed by atoms with Crippen molar-refractivity contribution in [2.24, 2.45) is 11.7 Å². The maximum atomic E-state index is 6.24. The van der Waals surface area contributed by atoms with Crippen molar-refractivity contribution in [3.05, 3.63) is 23.9 Å². The summed E-state index contributed by atoms with van der Waals surface area (Å²) in [5.41, 5.74) is 8.16. The highest BCUT2D eigenvalue weighted by molar-refractivity contribution is 5.45. The SMILES string of the molecule is Cc1cccc2nc(NC3C(N)C4CCCOC43)nn12. The van der Waals surface area contributed by atoms with Crippen molar-refractivity contribution < 1.29 is 4.74 Å². The van der Waals surface area contributed by atoms with Gasteiger partial charge in [-0.2, -0.15) is 4.98 Å². The predicted octanol–water partition coefficient (Wildman–Crippen LogP) is 0.954. The van der Waals surface area contributed by atoms with E-state index < -0.39 is 0 Å². The molecular weight excluding hydrogens is 254 g/mol. The molecule has 4 unspecified atom stereocenters. The number of nitrogens with two attached hydrogens (primary N) is 1. The topological polar surface area (TPSA) is 77.5 Å². The maximum Gasteiger partial charge on any atom is 0.243 e. The van der Waals surface area contributed by atoms with Crippen molar-refractivity contribution >= 4 is 11.6 Å². The first kappa shape index (κ1) is 12.1. The van der Waals surface area contributed by atoms with E-state index in [2.05, 4.69) is 15.4 Å². The van der Waals surface area contributed by atoms with Crippen LogP contribution < -0.4 is 11.1 Å². The molecule has 6 nitrogen and oxygen atoms in total. The van der Waals surface area contributed by atoms with Gasteiger partial charge < -0.3 is 15.8 Å². The number of rotatable bonds is 2. The van der Waals surface area contributed by atoms with Gasteiger partial charge >= 0.3 is 0 Å². The minimum atomic E-state index is 0.123. The van der Waals surface area contributed by atoms with Crippen molar-refractivity contribution in [1.29, 1.82) is 0 Å². The smallest absolute Gasteiger partial charge is 0.243 e. The molecular formula is C14H19N5O. The lowest BCUT2D eigenvalue weighted by molar-refractivity contribution is -0.104. The van der Waals surface area contributed by atoms with Crippen LogP contribution in [0.25, 0.3) is 5.65 Å². The van der Waals surface area contributed by atoms with Gasteiger partial charge in [0.25, 0.3) is 0 Å². The molecule has 2 aliphatic rings. The van der Waals surface area contributed by atoms with Crippen LogP contribution in [0.2, 0.25) is 0 Å². The molecule has 0 aromatic carbocycles. The monoisotopic (exact) mass is 273 g/mol. The molecule has 6 heteroatoms. The zero-order valence-corrected chi connectivity index (χ0v) is 11.5. The van der Waals surface area contributed by atoms with Gasteiger partial charge in [0.1, 0.15) is 0 Å². The summed E-state index contributed by atoms with van der Waals surface area (Å²) in [6.07, 6.45) is 2.50. The molecule has 3 heterocycles. The van der Waals surface area contributed by atoms with Crippen LogP contribution in [0.1, 0.15) is 18.5 Å². The number of aryl methyl sites for hydroxylation is 1. The summed E-state index contributed by atoms with van der Waals surface area (Å²) in [4.78, 5) is 4.50. The largest absolute Gasteiger partial charge is 0.376 e. The Hall–Kier alpha value is -1.66. The molecule has 20 heavy (non-hydrogen) atoms. The fraction of sp³-hybridized carbons (Fsp3) is 0.571. The van der Waals surface area contributed by atoms with Gasteiger partial charge in [0.15, 0.2) is 5.65 Å². The fourth-order valence-corrected chi connectivity index (χ4v) is 3.37. The van der Waals surface area contributed by atoms with Crippen LogP contribution in [-0.2, 0) is 4.74 Å². The minimum Gasteiger partial charge on any atom is -0.376 e. The van der Waals surface area contributed by atoms with Gasteiger partial charge in [-0.05, 0) is 31.9 Å². The molecule has 1 saturated carbocycles. The Morgan fingerprint density at radius 2 is 2.35 bits per heavy atom. The summed E-state index contributed by atoms with van der Waals surface area (Å²) in [7, 11) is 0. The molecule has 106 valence electrons. The normalized spacial score (nSPS) is 32.7. The number of ether oxygens (including phenoxy) is 1. The number of anilines is 1. The van der Waals surface area contributed by atoms with Gasteiger partial charge in [-0.3, -0.25) is 0 Å². The Labute approximate surface area is 117 Å². The van der Waals surface area contributed by atoms with Crippen molar-refractivity contribution in [2.45, 2.75) is 38.0 Å². The van der Waals surface area contributed by atoms with E-state index in [1.807, 2.05) is 29.6 Å². The zero-order chi connectivity index (χ0) is 13.7. The number of fused-ring (bicyclic) bond motifs is 2. The Morgan fingerprint density at radius 3 is 3.20 bits per heavy atom. The third-order valence-corrected chi connectivity index (χ3v) is 4.52. The van der Waals surface area contributed by atoms with Gasteiger partial charge in [-0.15, -0.1) is 5.10 Å². The molecule has 0 spiro atoms. The van der Waals surface area contributed by atoms with Gasteiger partial charge in [-0.25, -0.2) is 4.52 Å². The van der Waals surface area contributed by atoms with Crippen LogP contribution >= 0.6 is 0 Å². The molecule has 4 rings (SSSR count). The molecule has 0 amide bonds. The summed E-state index contributed by atoms with van der Waals surface area (Å²) in [6.45, 7) is 2.85. The highest BCUT2D eigenvalue weighted by atomic mass is 16.5. The van der Waals surface area contributed by atoms with Crippen LogP contribution in [0.15, 0.2) is 18.2 Å². The molecule has 2 aromatic rings. The number of aromatic nitrogens is 3. The van der Waals surface area contributed by atoms with Gasteiger partial charge in [-0.1, -0.05) is 6.07 Å². The average Bonchev–Trinajstić information content (AvgIpc) is 2.89. The summed E-state index contributed by atoms with van der Waals surface area (Å²) in [5.74, 6) is 1.12. The first-order valence-corrected chi connectivity index (χ1v) is 7.20. The summed E-state index contributed by atoms with van der Waals surface area (Å²) in [5, 5.41) is 7.84. The summed E-state index contributed by atoms with van der Waals surface area (Å²) >= 11 is 0. The molecule has 3 N–H and O–H groups in total. The quantitative estimate of drug-likeness (QED) is 0.852. The van der Waals surface area contributed by atoms with Gasteiger partial charge in [0.05, 0.1) is 12.1 Å².